The second-order valence-electron chi connectivity index (χ2n) is 4.70. The molecule has 0 radical (unpaired) electrons. The molecule has 4 nitrogen and oxygen atoms in total. The molecule has 0 aromatic heterocycles. The van der Waals surface area contributed by atoms with Crippen molar-refractivity contribution < 1.29 is 14.3 Å². The fraction of sp³-hybridized carbons (Fsp3) is 0.385. The summed E-state index contributed by atoms with van der Waals surface area (Å²) in [5, 5.41) is 0. The van der Waals surface area contributed by atoms with Gasteiger partial charge in [0, 0.05) is 12.7 Å². The van der Waals surface area contributed by atoms with Gasteiger partial charge in [-0.3, -0.25) is 4.79 Å². The number of para-hydroxylation sites is 1. The van der Waals surface area contributed by atoms with Crippen LogP contribution in [-0.2, 0) is 14.3 Å². The van der Waals surface area contributed by atoms with E-state index in [4.69, 9.17) is 4.74 Å². The Hall–Kier alpha value is -1.84. The van der Waals surface area contributed by atoms with Crippen molar-refractivity contribution in [1.29, 1.82) is 0 Å². The number of esters is 1. The van der Waals surface area contributed by atoms with Crippen LogP contribution in [0.15, 0.2) is 30.3 Å². The summed E-state index contributed by atoms with van der Waals surface area (Å²) in [5.74, 6) is -1.52. The number of hydrogen-bond donors (Lipinski definition) is 0. The van der Waals surface area contributed by atoms with Gasteiger partial charge in [-0.1, -0.05) is 18.2 Å². The number of benzene rings is 1. The fourth-order valence-corrected chi connectivity index (χ4v) is 1.23. The lowest BCUT2D eigenvalue weighted by molar-refractivity contribution is -0.162. The van der Waals surface area contributed by atoms with E-state index < -0.39 is 17.5 Å². The molecule has 0 aliphatic carbocycles. The molecule has 0 bridgehead atoms. The summed E-state index contributed by atoms with van der Waals surface area (Å²) in [5.41, 5.74) is -0.00654. The molecule has 1 rings (SSSR count). The highest BCUT2D eigenvalue weighted by atomic mass is 16.6. The molecule has 92 valence electrons. The van der Waals surface area contributed by atoms with Gasteiger partial charge < -0.3 is 9.64 Å². The van der Waals surface area contributed by atoms with Gasteiger partial charge >= 0.3 is 11.9 Å². The second kappa shape index (κ2) is 4.99. The largest absolute Gasteiger partial charge is 0.453 e. The summed E-state index contributed by atoms with van der Waals surface area (Å²) < 4.78 is 5.01. The van der Waals surface area contributed by atoms with Crippen LogP contribution >= 0.6 is 0 Å². The number of hydrogen-bond acceptors (Lipinski definition) is 3. The Morgan fingerprint density at radius 1 is 1.12 bits per heavy atom. The normalized spacial score (nSPS) is 10.8. The predicted molar refractivity (Wildman–Crippen MR) is 65.7 cm³/mol. The summed E-state index contributed by atoms with van der Waals surface area (Å²) in [6.07, 6.45) is 0. The van der Waals surface area contributed by atoms with E-state index in [1.54, 1.807) is 52.1 Å². The third-order valence-corrected chi connectivity index (χ3v) is 2.02. The monoisotopic (exact) mass is 235 g/mol. The third kappa shape index (κ3) is 3.90. The Balaban J connectivity index is 2.74. The summed E-state index contributed by atoms with van der Waals surface area (Å²) in [4.78, 5) is 24.6. The van der Waals surface area contributed by atoms with Crippen LogP contribution in [-0.4, -0.2) is 24.5 Å². The number of carbonyl (C=O) groups is 2. The van der Waals surface area contributed by atoms with Crippen LogP contribution in [0, 0.1) is 0 Å². The first-order valence-electron chi connectivity index (χ1n) is 5.37. The molecular weight excluding hydrogens is 218 g/mol. The second-order valence-corrected chi connectivity index (χ2v) is 4.70. The van der Waals surface area contributed by atoms with E-state index in [-0.39, 0.29) is 0 Å². The predicted octanol–water partition coefficient (Wildman–Crippen LogP) is 1.99. The SMILES string of the molecule is CN(C(=O)C(=O)OC(C)(C)C)c1ccccc1. The van der Waals surface area contributed by atoms with Gasteiger partial charge in [0.1, 0.15) is 5.60 Å². The number of rotatable bonds is 1. The van der Waals surface area contributed by atoms with Crippen LogP contribution in [0.5, 0.6) is 0 Å². The molecule has 0 saturated heterocycles. The van der Waals surface area contributed by atoms with Crippen LogP contribution in [0.4, 0.5) is 5.69 Å². The molecule has 0 unspecified atom stereocenters. The van der Waals surface area contributed by atoms with E-state index in [9.17, 15) is 9.59 Å². The number of amides is 1. The van der Waals surface area contributed by atoms with E-state index in [2.05, 4.69) is 0 Å². The highest BCUT2D eigenvalue weighted by molar-refractivity contribution is 6.38. The molecule has 17 heavy (non-hydrogen) atoms. The number of nitrogens with zero attached hydrogens (tertiary/aromatic N) is 1. The lowest BCUT2D eigenvalue weighted by Gasteiger charge is -2.22. The van der Waals surface area contributed by atoms with Gasteiger partial charge in [0.2, 0.25) is 0 Å². The average Bonchev–Trinajstić information content (AvgIpc) is 2.26. The average molecular weight is 235 g/mol. The molecule has 0 N–H and O–H groups in total. The minimum Gasteiger partial charge on any atom is -0.453 e. The molecular formula is C13H17NO3. The molecule has 1 aromatic carbocycles. The van der Waals surface area contributed by atoms with Crippen LogP contribution < -0.4 is 4.90 Å². The Labute approximate surface area is 101 Å². The van der Waals surface area contributed by atoms with Crippen molar-refractivity contribution in [1.82, 2.24) is 0 Å². The lowest BCUT2D eigenvalue weighted by Crippen LogP contribution is -2.38. The van der Waals surface area contributed by atoms with E-state index in [1.807, 2.05) is 6.07 Å². The molecule has 0 saturated carbocycles. The van der Waals surface area contributed by atoms with Crippen molar-refractivity contribution in [2.45, 2.75) is 26.4 Å². The van der Waals surface area contributed by atoms with Crippen LogP contribution in [0.2, 0.25) is 0 Å². The van der Waals surface area contributed by atoms with Gasteiger partial charge in [0.15, 0.2) is 0 Å². The van der Waals surface area contributed by atoms with Crippen LogP contribution in [0.3, 0.4) is 0 Å². The zero-order chi connectivity index (χ0) is 13.1. The van der Waals surface area contributed by atoms with Gasteiger partial charge in [0.25, 0.3) is 0 Å². The summed E-state index contributed by atoms with van der Waals surface area (Å²) >= 11 is 0. The first kappa shape index (κ1) is 13.2. The molecule has 0 atom stereocenters. The lowest BCUT2D eigenvalue weighted by atomic mass is 10.2. The molecule has 0 aliphatic rings. The van der Waals surface area contributed by atoms with E-state index in [0.717, 1.165) is 0 Å². The zero-order valence-electron chi connectivity index (χ0n) is 10.6. The summed E-state index contributed by atoms with van der Waals surface area (Å²) in [6, 6.07) is 8.95. The highest BCUT2D eigenvalue weighted by Gasteiger charge is 2.26. The van der Waals surface area contributed by atoms with Crippen molar-refractivity contribution >= 4 is 17.6 Å². The smallest absolute Gasteiger partial charge is 0.397 e. The van der Waals surface area contributed by atoms with Crippen LogP contribution in [0.25, 0.3) is 0 Å². The zero-order valence-corrected chi connectivity index (χ0v) is 10.6. The topological polar surface area (TPSA) is 46.6 Å². The standard InChI is InChI=1S/C13H17NO3/c1-13(2,3)17-12(16)11(15)14(4)10-8-6-5-7-9-10/h5-9H,1-4H3. The van der Waals surface area contributed by atoms with Crippen molar-refractivity contribution in [3.8, 4) is 0 Å². The molecule has 1 amide bonds. The Morgan fingerprint density at radius 2 is 1.65 bits per heavy atom. The van der Waals surface area contributed by atoms with E-state index >= 15 is 0 Å². The van der Waals surface area contributed by atoms with E-state index in [1.165, 1.54) is 4.90 Å². The first-order chi connectivity index (χ1) is 7.81. The van der Waals surface area contributed by atoms with Gasteiger partial charge in [-0.25, -0.2) is 4.79 Å². The summed E-state index contributed by atoms with van der Waals surface area (Å²) in [6.45, 7) is 5.17. The van der Waals surface area contributed by atoms with Crippen molar-refractivity contribution in [2.24, 2.45) is 0 Å². The van der Waals surface area contributed by atoms with Crippen LogP contribution in [0.1, 0.15) is 20.8 Å². The Bertz CT molecular complexity index is 406. The van der Waals surface area contributed by atoms with Crippen molar-refractivity contribution in [3.05, 3.63) is 30.3 Å². The first-order valence-corrected chi connectivity index (χ1v) is 5.37. The van der Waals surface area contributed by atoms with E-state index in [0.29, 0.717) is 5.69 Å². The summed E-state index contributed by atoms with van der Waals surface area (Å²) in [7, 11) is 1.54. The van der Waals surface area contributed by atoms with Gasteiger partial charge in [0.05, 0.1) is 0 Å². The van der Waals surface area contributed by atoms with Gasteiger partial charge in [-0.15, -0.1) is 0 Å². The quantitative estimate of drug-likeness (QED) is 0.552. The minimum atomic E-state index is -0.844. The third-order valence-electron chi connectivity index (χ3n) is 2.02. The van der Waals surface area contributed by atoms with Crippen molar-refractivity contribution in [2.75, 3.05) is 11.9 Å². The molecule has 4 heteroatoms. The highest BCUT2D eigenvalue weighted by Crippen LogP contribution is 2.13. The maximum Gasteiger partial charge on any atom is 0.397 e. The molecule has 0 heterocycles. The molecule has 0 aliphatic heterocycles. The maximum absolute atomic E-state index is 11.8. The number of ether oxygens (including phenoxy) is 1. The number of carbonyl (C=O) groups excluding carboxylic acids is 2. The number of likely N-dealkylation sites (N-methyl/N-ethyl adjacent to an activating group) is 1. The molecule has 0 spiro atoms. The molecule has 1 aromatic rings. The molecule has 0 fully saturated rings. The maximum atomic E-state index is 11.8. The fourth-order valence-electron chi connectivity index (χ4n) is 1.23. The van der Waals surface area contributed by atoms with Gasteiger partial charge in [-0.2, -0.15) is 0 Å². The number of anilines is 1. The minimum absolute atomic E-state index is 0.656. The Kier molecular flexibility index (Phi) is 3.89. The van der Waals surface area contributed by atoms with Crippen molar-refractivity contribution in [3.63, 3.8) is 0 Å². The Morgan fingerprint density at radius 3 is 2.12 bits per heavy atom. The van der Waals surface area contributed by atoms with Gasteiger partial charge in [-0.05, 0) is 32.9 Å².